The summed E-state index contributed by atoms with van der Waals surface area (Å²) < 4.78 is 1.10. The number of anilines is 1. The molecular weight excluding hydrogens is 276 g/mol. The highest BCUT2D eigenvalue weighted by atomic mass is 79.9. The van der Waals surface area contributed by atoms with E-state index in [1.54, 1.807) is 0 Å². The smallest absolute Gasteiger partial charge is 0.0372 e. The summed E-state index contributed by atoms with van der Waals surface area (Å²) in [6.45, 7) is 2.93. The average Bonchev–Trinajstić information content (AvgIpc) is 2.34. The molecule has 0 aliphatic heterocycles. The van der Waals surface area contributed by atoms with Crippen LogP contribution < -0.4 is 5.32 Å². The van der Waals surface area contributed by atoms with Crippen molar-refractivity contribution in [2.75, 3.05) is 11.9 Å². The summed E-state index contributed by atoms with van der Waals surface area (Å²) >= 11 is 3.42. The second kappa shape index (κ2) is 5.82. The minimum atomic E-state index is 0.923. The topological polar surface area (TPSA) is 24.9 Å². The van der Waals surface area contributed by atoms with Crippen LogP contribution in [0.25, 0.3) is 0 Å². The number of hydrogen-bond donors (Lipinski definition) is 1. The van der Waals surface area contributed by atoms with Gasteiger partial charge in [0.05, 0.1) is 0 Å². The molecule has 0 aliphatic carbocycles. The Kier molecular flexibility index (Phi) is 4.15. The Morgan fingerprint density at radius 1 is 1.12 bits per heavy atom. The van der Waals surface area contributed by atoms with Crippen molar-refractivity contribution in [1.82, 2.24) is 4.98 Å². The van der Waals surface area contributed by atoms with E-state index in [1.807, 2.05) is 25.3 Å². The third-order valence-electron chi connectivity index (χ3n) is 2.56. The fraction of sp³-hybridized carbons (Fsp3) is 0.214. The largest absolute Gasteiger partial charge is 0.385 e. The monoisotopic (exact) mass is 290 g/mol. The molecule has 0 unspecified atom stereocenters. The summed E-state index contributed by atoms with van der Waals surface area (Å²) in [6, 6.07) is 12.4. The van der Waals surface area contributed by atoms with E-state index in [0.29, 0.717) is 0 Å². The fourth-order valence-electron chi connectivity index (χ4n) is 1.57. The van der Waals surface area contributed by atoms with Crippen LogP contribution in [0.3, 0.4) is 0 Å². The predicted molar refractivity (Wildman–Crippen MR) is 75.3 cm³/mol. The highest BCUT2D eigenvalue weighted by Gasteiger charge is 1.95. The zero-order chi connectivity index (χ0) is 12.1. The van der Waals surface area contributed by atoms with Crippen molar-refractivity contribution in [3.05, 3.63) is 58.3 Å². The van der Waals surface area contributed by atoms with Crippen LogP contribution >= 0.6 is 15.9 Å². The van der Waals surface area contributed by atoms with Crippen molar-refractivity contribution < 1.29 is 0 Å². The molecule has 0 fully saturated rings. The third-order valence-corrected chi connectivity index (χ3v) is 3.09. The second-order valence-corrected chi connectivity index (χ2v) is 4.91. The van der Waals surface area contributed by atoms with E-state index in [9.17, 15) is 0 Å². The summed E-state index contributed by atoms with van der Waals surface area (Å²) in [7, 11) is 0. The van der Waals surface area contributed by atoms with Gasteiger partial charge < -0.3 is 5.32 Å². The summed E-state index contributed by atoms with van der Waals surface area (Å²) in [5.74, 6) is 0. The number of pyridine rings is 1. The minimum Gasteiger partial charge on any atom is -0.385 e. The van der Waals surface area contributed by atoms with E-state index >= 15 is 0 Å². The first-order valence-corrected chi connectivity index (χ1v) is 6.44. The Morgan fingerprint density at radius 3 is 2.53 bits per heavy atom. The maximum Gasteiger partial charge on any atom is 0.0372 e. The predicted octanol–water partition coefficient (Wildman–Crippen LogP) is 3.81. The van der Waals surface area contributed by atoms with Crippen molar-refractivity contribution in [3.63, 3.8) is 0 Å². The zero-order valence-electron chi connectivity index (χ0n) is 9.78. The Bertz CT molecular complexity index is 417. The number of nitrogens with one attached hydrogen (secondary N) is 1. The number of halogens is 1. The molecule has 0 spiro atoms. The summed E-state index contributed by atoms with van der Waals surface area (Å²) in [5.41, 5.74) is 3.48. The fourth-order valence-corrected chi connectivity index (χ4v) is 1.83. The molecular formula is C14H15BrN2. The Morgan fingerprint density at radius 2 is 1.88 bits per heavy atom. The second-order valence-electron chi connectivity index (χ2n) is 3.99. The molecule has 2 aromatic rings. The van der Waals surface area contributed by atoms with Gasteiger partial charge in [0.15, 0.2) is 0 Å². The molecule has 1 aromatic heterocycles. The van der Waals surface area contributed by atoms with Gasteiger partial charge in [-0.2, -0.15) is 0 Å². The molecule has 2 rings (SSSR count). The molecule has 0 bridgehead atoms. The van der Waals surface area contributed by atoms with E-state index in [4.69, 9.17) is 0 Å². The van der Waals surface area contributed by atoms with Gasteiger partial charge in [-0.3, -0.25) is 4.98 Å². The van der Waals surface area contributed by atoms with Gasteiger partial charge in [-0.15, -0.1) is 0 Å². The minimum absolute atomic E-state index is 0.923. The lowest BCUT2D eigenvalue weighted by atomic mass is 10.2. The van der Waals surface area contributed by atoms with E-state index in [2.05, 4.69) is 50.5 Å². The third kappa shape index (κ3) is 3.86. The lowest BCUT2D eigenvalue weighted by molar-refractivity contribution is 0.997. The Hall–Kier alpha value is -1.35. The van der Waals surface area contributed by atoms with Crippen LogP contribution in [0.4, 0.5) is 5.69 Å². The SMILES string of the molecule is Cc1ccc(CCNc2ccc(Br)cc2)cn1. The molecule has 1 heterocycles. The van der Waals surface area contributed by atoms with Gasteiger partial charge in [0.25, 0.3) is 0 Å². The zero-order valence-corrected chi connectivity index (χ0v) is 11.4. The Balaban J connectivity index is 1.83. The van der Waals surface area contributed by atoms with Gasteiger partial charge in [0.2, 0.25) is 0 Å². The van der Waals surface area contributed by atoms with E-state index in [-0.39, 0.29) is 0 Å². The number of benzene rings is 1. The highest BCUT2D eigenvalue weighted by molar-refractivity contribution is 9.10. The van der Waals surface area contributed by atoms with Crippen molar-refractivity contribution >= 4 is 21.6 Å². The molecule has 0 amide bonds. The van der Waals surface area contributed by atoms with E-state index < -0.39 is 0 Å². The number of aryl methyl sites for hydroxylation is 1. The normalized spacial score (nSPS) is 10.2. The molecule has 88 valence electrons. The van der Waals surface area contributed by atoms with Crippen molar-refractivity contribution in [1.29, 1.82) is 0 Å². The lowest BCUT2D eigenvalue weighted by Crippen LogP contribution is -2.04. The van der Waals surface area contributed by atoms with Crippen molar-refractivity contribution in [2.45, 2.75) is 13.3 Å². The van der Waals surface area contributed by atoms with Crippen LogP contribution in [0.1, 0.15) is 11.3 Å². The highest BCUT2D eigenvalue weighted by Crippen LogP contribution is 2.14. The maximum absolute atomic E-state index is 4.28. The van der Waals surface area contributed by atoms with Crippen LogP contribution in [-0.2, 0) is 6.42 Å². The lowest BCUT2D eigenvalue weighted by Gasteiger charge is -2.06. The van der Waals surface area contributed by atoms with Gasteiger partial charge in [0.1, 0.15) is 0 Å². The van der Waals surface area contributed by atoms with Crippen LogP contribution in [0.15, 0.2) is 47.1 Å². The molecule has 17 heavy (non-hydrogen) atoms. The van der Waals surface area contributed by atoms with Crippen molar-refractivity contribution in [2.24, 2.45) is 0 Å². The number of hydrogen-bond acceptors (Lipinski definition) is 2. The molecule has 2 nitrogen and oxygen atoms in total. The summed E-state index contributed by atoms with van der Waals surface area (Å²) in [5, 5.41) is 3.39. The van der Waals surface area contributed by atoms with Gasteiger partial charge in [-0.25, -0.2) is 0 Å². The first-order valence-electron chi connectivity index (χ1n) is 5.65. The van der Waals surface area contributed by atoms with Crippen molar-refractivity contribution in [3.8, 4) is 0 Å². The number of rotatable bonds is 4. The van der Waals surface area contributed by atoms with Gasteiger partial charge >= 0.3 is 0 Å². The molecule has 3 heteroatoms. The van der Waals surface area contributed by atoms with Crippen LogP contribution in [0, 0.1) is 6.92 Å². The van der Waals surface area contributed by atoms with Gasteiger partial charge in [-0.1, -0.05) is 22.0 Å². The van der Waals surface area contributed by atoms with Gasteiger partial charge in [0, 0.05) is 28.6 Å². The first-order chi connectivity index (χ1) is 8.24. The number of nitrogens with zero attached hydrogens (tertiary/aromatic N) is 1. The maximum atomic E-state index is 4.28. The first kappa shape index (κ1) is 12.1. The van der Waals surface area contributed by atoms with Crippen LogP contribution in [-0.4, -0.2) is 11.5 Å². The molecule has 1 N–H and O–H groups in total. The Labute approximate surface area is 110 Å². The summed E-state index contributed by atoms with van der Waals surface area (Å²) in [6.07, 6.45) is 2.93. The summed E-state index contributed by atoms with van der Waals surface area (Å²) in [4.78, 5) is 4.28. The molecule has 0 saturated heterocycles. The van der Waals surface area contributed by atoms with Crippen LogP contribution in [0.2, 0.25) is 0 Å². The standard InChI is InChI=1S/C14H15BrN2/c1-11-2-3-12(10-17-11)8-9-16-14-6-4-13(15)5-7-14/h2-7,10,16H,8-9H2,1H3. The quantitative estimate of drug-likeness (QED) is 0.926. The molecule has 0 aliphatic rings. The van der Waals surface area contributed by atoms with E-state index in [1.165, 1.54) is 5.56 Å². The molecule has 0 radical (unpaired) electrons. The number of aromatic nitrogens is 1. The average molecular weight is 291 g/mol. The molecule has 1 aromatic carbocycles. The molecule has 0 atom stereocenters. The van der Waals surface area contributed by atoms with Crippen LogP contribution in [0.5, 0.6) is 0 Å². The van der Waals surface area contributed by atoms with Gasteiger partial charge in [-0.05, 0) is 49.2 Å². The molecule has 0 saturated carbocycles. The van der Waals surface area contributed by atoms with E-state index in [0.717, 1.165) is 28.8 Å².